The van der Waals surface area contributed by atoms with E-state index in [4.69, 9.17) is 32.7 Å². The molecule has 4 rings (SSSR count). The van der Waals surface area contributed by atoms with Gasteiger partial charge in [0.2, 0.25) is 0 Å². The maximum Gasteiger partial charge on any atom is 0.265 e. The van der Waals surface area contributed by atoms with Crippen LogP contribution in [0, 0.1) is 0 Å². The average Bonchev–Trinajstić information content (AvgIpc) is 3.29. The summed E-state index contributed by atoms with van der Waals surface area (Å²) in [7, 11) is 4.86. The molecule has 0 fully saturated rings. The highest BCUT2D eigenvalue weighted by Gasteiger charge is 2.24. The molecule has 4 aromatic rings. The fourth-order valence-electron chi connectivity index (χ4n) is 3.94. The normalized spacial score (nSPS) is 11.3. The number of rotatable bonds is 9. The van der Waals surface area contributed by atoms with Gasteiger partial charge in [-0.2, -0.15) is 5.10 Å². The van der Waals surface area contributed by atoms with E-state index in [0.29, 0.717) is 56.9 Å². The summed E-state index contributed by atoms with van der Waals surface area (Å²) in [5, 5.41) is 8.70. The molecule has 9 nitrogen and oxygen atoms in total. The molecule has 0 amide bonds. The lowest BCUT2D eigenvalue weighted by molar-refractivity contribution is 0.395. The second-order valence-electron chi connectivity index (χ2n) is 8.51. The molecule has 2 aromatic heterocycles. The maximum atomic E-state index is 13.5. The average molecular weight is 531 g/mol. The van der Waals surface area contributed by atoms with E-state index >= 15 is 0 Å². The summed E-state index contributed by atoms with van der Waals surface area (Å²) in [5.41, 5.74) is 2.23. The first-order chi connectivity index (χ1) is 17.2. The highest BCUT2D eigenvalue weighted by atomic mass is 35.5. The van der Waals surface area contributed by atoms with Gasteiger partial charge < -0.3 is 19.7 Å². The highest BCUT2D eigenvalue weighted by Crippen LogP contribution is 2.48. The third-order valence-corrected chi connectivity index (χ3v) is 6.46. The van der Waals surface area contributed by atoms with Crippen LogP contribution in [0.5, 0.6) is 11.5 Å². The Morgan fingerprint density at radius 2 is 1.81 bits per heavy atom. The van der Waals surface area contributed by atoms with E-state index in [-0.39, 0.29) is 11.6 Å². The monoisotopic (exact) mass is 530 g/mol. The lowest BCUT2D eigenvalue weighted by atomic mass is 10.1. The van der Waals surface area contributed by atoms with Gasteiger partial charge in [0, 0.05) is 44.1 Å². The standard InChI is InChI=1S/C25H28Cl2N6O3/c1-15(2)28-8-9-32(24-22(26)20(35-4)11-21(36-5)23(24)27)16-6-7-19-18(10-16)25(34)33(14-29-19)17-12-30-31(3)13-17/h6-7,10-15,28H,8-9H2,1-5H3. The summed E-state index contributed by atoms with van der Waals surface area (Å²) in [4.78, 5) is 19.9. The molecule has 0 saturated carbocycles. The number of anilines is 2. The minimum Gasteiger partial charge on any atom is -0.495 e. The Morgan fingerprint density at radius 3 is 2.39 bits per heavy atom. The quantitative estimate of drug-likeness (QED) is 0.339. The van der Waals surface area contributed by atoms with Crippen molar-refractivity contribution in [3.8, 4) is 17.2 Å². The van der Waals surface area contributed by atoms with E-state index in [2.05, 4.69) is 29.2 Å². The second-order valence-corrected chi connectivity index (χ2v) is 9.27. The van der Waals surface area contributed by atoms with Gasteiger partial charge in [-0.25, -0.2) is 4.98 Å². The predicted octanol–water partition coefficient (Wildman–Crippen LogP) is 4.58. The first kappa shape index (κ1) is 25.8. The number of hydrogen-bond donors (Lipinski definition) is 1. The molecule has 0 aliphatic carbocycles. The van der Waals surface area contributed by atoms with Gasteiger partial charge in [-0.3, -0.25) is 14.0 Å². The maximum absolute atomic E-state index is 13.5. The van der Waals surface area contributed by atoms with E-state index in [1.165, 1.54) is 25.1 Å². The van der Waals surface area contributed by atoms with Crippen molar-refractivity contribution in [3.05, 3.63) is 63.4 Å². The van der Waals surface area contributed by atoms with Gasteiger partial charge in [-0.15, -0.1) is 0 Å². The number of halogens is 2. The molecule has 0 atom stereocenters. The lowest BCUT2D eigenvalue weighted by Gasteiger charge is -2.29. The van der Waals surface area contributed by atoms with Gasteiger partial charge in [0.05, 0.1) is 42.7 Å². The Balaban J connectivity index is 1.90. The van der Waals surface area contributed by atoms with Gasteiger partial charge in [-0.05, 0) is 18.2 Å². The number of ether oxygens (including phenoxy) is 2. The van der Waals surface area contributed by atoms with E-state index in [0.717, 1.165) is 5.69 Å². The Morgan fingerprint density at radius 1 is 1.11 bits per heavy atom. The fraction of sp³-hybridized carbons (Fsp3) is 0.320. The number of aromatic nitrogens is 4. The van der Waals surface area contributed by atoms with Crippen LogP contribution in [0.1, 0.15) is 13.8 Å². The summed E-state index contributed by atoms with van der Waals surface area (Å²) < 4.78 is 14.1. The molecular weight excluding hydrogens is 503 g/mol. The number of methoxy groups -OCH3 is 2. The summed E-state index contributed by atoms with van der Waals surface area (Å²) >= 11 is 13.5. The predicted molar refractivity (Wildman–Crippen MR) is 144 cm³/mol. The number of aryl methyl sites for hydroxylation is 1. The van der Waals surface area contributed by atoms with Crippen LogP contribution >= 0.6 is 23.2 Å². The SMILES string of the molecule is COc1cc(OC)c(Cl)c(N(CCNC(C)C)c2ccc3ncn(-c4cnn(C)c4)c(=O)c3c2)c1Cl. The number of nitrogens with zero attached hydrogens (tertiary/aromatic N) is 5. The Bertz CT molecular complexity index is 1420. The smallest absolute Gasteiger partial charge is 0.265 e. The Kier molecular flexibility index (Phi) is 7.73. The highest BCUT2D eigenvalue weighted by molar-refractivity contribution is 6.41. The molecule has 2 heterocycles. The zero-order valence-corrected chi connectivity index (χ0v) is 22.3. The first-order valence-corrected chi connectivity index (χ1v) is 12.1. The van der Waals surface area contributed by atoms with Crippen molar-refractivity contribution in [1.29, 1.82) is 0 Å². The lowest BCUT2D eigenvalue weighted by Crippen LogP contribution is -2.33. The van der Waals surface area contributed by atoms with Gasteiger partial charge >= 0.3 is 0 Å². The number of benzene rings is 2. The van der Waals surface area contributed by atoms with Gasteiger partial charge in [-0.1, -0.05) is 37.0 Å². The van der Waals surface area contributed by atoms with E-state index in [1.807, 2.05) is 17.0 Å². The summed E-state index contributed by atoms with van der Waals surface area (Å²) in [6, 6.07) is 7.42. The van der Waals surface area contributed by atoms with Gasteiger partial charge in [0.25, 0.3) is 5.56 Å². The van der Waals surface area contributed by atoms with Gasteiger partial charge in [0.15, 0.2) is 0 Å². The topological polar surface area (TPSA) is 86.4 Å². The fourth-order valence-corrected chi connectivity index (χ4v) is 4.64. The molecule has 2 aromatic carbocycles. The Labute approximate surface area is 219 Å². The molecule has 1 N–H and O–H groups in total. The summed E-state index contributed by atoms with van der Waals surface area (Å²) in [6.07, 6.45) is 4.88. The van der Waals surface area contributed by atoms with Crippen LogP contribution in [0.4, 0.5) is 11.4 Å². The first-order valence-electron chi connectivity index (χ1n) is 11.4. The zero-order valence-electron chi connectivity index (χ0n) is 20.7. The van der Waals surface area contributed by atoms with Crippen molar-refractivity contribution < 1.29 is 9.47 Å². The van der Waals surface area contributed by atoms with E-state index < -0.39 is 0 Å². The van der Waals surface area contributed by atoms with Crippen LogP contribution in [0.25, 0.3) is 16.6 Å². The van der Waals surface area contributed by atoms with Crippen molar-refractivity contribution in [2.45, 2.75) is 19.9 Å². The van der Waals surface area contributed by atoms with Gasteiger partial charge in [0.1, 0.15) is 27.9 Å². The summed E-state index contributed by atoms with van der Waals surface area (Å²) in [5.74, 6) is 0.854. The van der Waals surface area contributed by atoms with Crippen molar-refractivity contribution >= 4 is 45.5 Å². The van der Waals surface area contributed by atoms with Crippen molar-refractivity contribution in [2.75, 3.05) is 32.2 Å². The molecule has 0 unspecified atom stereocenters. The van der Waals surface area contributed by atoms with Crippen LogP contribution in [-0.4, -0.2) is 52.7 Å². The number of nitrogens with one attached hydrogen (secondary N) is 1. The van der Waals surface area contributed by atoms with E-state index in [9.17, 15) is 4.79 Å². The largest absolute Gasteiger partial charge is 0.495 e. The van der Waals surface area contributed by atoms with Crippen LogP contribution in [-0.2, 0) is 7.05 Å². The third kappa shape index (κ3) is 5.00. The molecule has 0 saturated heterocycles. The number of fused-ring (bicyclic) bond motifs is 1. The van der Waals surface area contributed by atoms with Crippen LogP contribution < -0.4 is 25.2 Å². The molecule has 0 aliphatic rings. The minimum absolute atomic E-state index is 0.212. The molecule has 190 valence electrons. The van der Waals surface area contributed by atoms with Crippen LogP contribution in [0.2, 0.25) is 10.0 Å². The molecular formula is C25H28Cl2N6O3. The molecule has 0 radical (unpaired) electrons. The third-order valence-electron chi connectivity index (χ3n) is 5.73. The van der Waals surface area contributed by atoms with Crippen LogP contribution in [0.3, 0.4) is 0 Å². The zero-order chi connectivity index (χ0) is 26.0. The Hall–Kier alpha value is -3.27. The molecule has 0 spiro atoms. The molecule has 11 heteroatoms. The van der Waals surface area contributed by atoms with Crippen molar-refractivity contribution in [3.63, 3.8) is 0 Å². The van der Waals surface area contributed by atoms with Crippen molar-refractivity contribution in [1.82, 2.24) is 24.6 Å². The number of hydrogen-bond acceptors (Lipinski definition) is 7. The minimum atomic E-state index is -0.212. The second kappa shape index (κ2) is 10.8. The molecule has 0 bridgehead atoms. The van der Waals surface area contributed by atoms with Crippen LogP contribution in [0.15, 0.2) is 47.8 Å². The van der Waals surface area contributed by atoms with Crippen molar-refractivity contribution in [2.24, 2.45) is 7.05 Å². The molecule has 0 aliphatic heterocycles. The molecule has 36 heavy (non-hydrogen) atoms. The van der Waals surface area contributed by atoms with E-state index in [1.54, 1.807) is 36.3 Å². The summed E-state index contributed by atoms with van der Waals surface area (Å²) in [6.45, 7) is 5.29.